The van der Waals surface area contributed by atoms with E-state index >= 15 is 0 Å². The Kier molecular flexibility index (Phi) is 4.55. The van der Waals surface area contributed by atoms with Gasteiger partial charge in [0.2, 0.25) is 0 Å². The predicted molar refractivity (Wildman–Crippen MR) is 87.9 cm³/mol. The first-order valence-corrected chi connectivity index (χ1v) is 7.85. The molecule has 1 aromatic heterocycles. The summed E-state index contributed by atoms with van der Waals surface area (Å²) in [4.78, 5) is 18.1. The number of nitrogens with zero attached hydrogens (tertiary/aromatic N) is 2. The lowest BCUT2D eigenvalue weighted by Gasteiger charge is -2.33. The number of likely N-dealkylation sites (tertiary alicyclic amines) is 1. The van der Waals surface area contributed by atoms with Gasteiger partial charge in [-0.05, 0) is 38.0 Å². The number of aromatic nitrogens is 1. The van der Waals surface area contributed by atoms with Crippen LogP contribution in [0.3, 0.4) is 0 Å². The van der Waals surface area contributed by atoms with Gasteiger partial charge < -0.3 is 10.2 Å². The lowest BCUT2D eigenvalue weighted by molar-refractivity contribution is 0.0718. The molecular weight excluding hydrogens is 293 g/mol. The zero-order valence-electron chi connectivity index (χ0n) is 13.1. The number of piperidine rings is 1. The molecule has 1 aromatic carbocycles. The lowest BCUT2D eigenvalue weighted by atomic mass is 10.0. The highest BCUT2D eigenvalue weighted by atomic mass is 19.1. The van der Waals surface area contributed by atoms with Gasteiger partial charge in [0.1, 0.15) is 0 Å². The molecule has 0 atom stereocenters. The Hall–Kier alpha value is -2.43. The highest BCUT2D eigenvalue weighted by Crippen LogP contribution is 2.20. The molecule has 0 bridgehead atoms. The topological polar surface area (TPSA) is 45.2 Å². The minimum absolute atomic E-state index is 0.0681. The van der Waals surface area contributed by atoms with Crippen molar-refractivity contribution in [2.24, 2.45) is 0 Å². The third-order valence-corrected chi connectivity index (χ3v) is 4.21. The molecule has 2 heterocycles. The first-order valence-electron chi connectivity index (χ1n) is 7.85. The van der Waals surface area contributed by atoms with Crippen molar-refractivity contribution in [3.05, 3.63) is 59.7 Å². The molecule has 0 unspecified atom stereocenters. The Morgan fingerprint density at radius 3 is 2.57 bits per heavy atom. The number of halogens is 1. The molecule has 0 aliphatic carbocycles. The number of rotatable bonds is 3. The Bertz CT molecular complexity index is 679. The van der Waals surface area contributed by atoms with Gasteiger partial charge in [-0.3, -0.25) is 9.78 Å². The van der Waals surface area contributed by atoms with E-state index in [9.17, 15) is 9.18 Å². The standard InChI is InChI=1S/C18H20FN3O/c1-13-2-4-14(5-3-13)18(23)22-10-7-15(8-11-22)21-17-6-9-20-12-16(17)19/h2-6,9,12,15H,7-8,10-11H2,1H3,(H,20,21). The summed E-state index contributed by atoms with van der Waals surface area (Å²) in [6, 6.07) is 9.46. The van der Waals surface area contributed by atoms with E-state index < -0.39 is 0 Å². The molecule has 2 aromatic rings. The highest BCUT2D eigenvalue weighted by molar-refractivity contribution is 5.94. The lowest BCUT2D eigenvalue weighted by Crippen LogP contribution is -2.42. The van der Waals surface area contributed by atoms with E-state index in [1.807, 2.05) is 36.1 Å². The van der Waals surface area contributed by atoms with Crippen LogP contribution in [0.25, 0.3) is 0 Å². The fourth-order valence-electron chi connectivity index (χ4n) is 2.82. The van der Waals surface area contributed by atoms with Crippen molar-refractivity contribution < 1.29 is 9.18 Å². The second-order valence-corrected chi connectivity index (χ2v) is 5.93. The van der Waals surface area contributed by atoms with Gasteiger partial charge in [0.25, 0.3) is 5.91 Å². The molecule has 0 spiro atoms. The van der Waals surface area contributed by atoms with Gasteiger partial charge in [-0.2, -0.15) is 0 Å². The molecular formula is C18H20FN3O. The number of hydrogen-bond donors (Lipinski definition) is 1. The zero-order chi connectivity index (χ0) is 16.2. The van der Waals surface area contributed by atoms with Crippen LogP contribution in [0, 0.1) is 12.7 Å². The normalized spacial score (nSPS) is 15.5. The average Bonchev–Trinajstić information content (AvgIpc) is 2.58. The molecule has 5 heteroatoms. The summed E-state index contributed by atoms with van der Waals surface area (Å²) in [5.74, 6) is -0.274. The number of anilines is 1. The van der Waals surface area contributed by atoms with Crippen molar-refractivity contribution >= 4 is 11.6 Å². The summed E-state index contributed by atoms with van der Waals surface area (Å²) in [7, 11) is 0. The molecule has 1 aliphatic heterocycles. The van der Waals surface area contributed by atoms with Gasteiger partial charge in [-0.15, -0.1) is 0 Å². The quantitative estimate of drug-likeness (QED) is 0.946. The first kappa shape index (κ1) is 15.5. The average molecular weight is 313 g/mol. The number of pyridine rings is 1. The number of benzene rings is 1. The summed E-state index contributed by atoms with van der Waals surface area (Å²) < 4.78 is 13.6. The molecule has 0 saturated carbocycles. The van der Waals surface area contributed by atoms with Gasteiger partial charge in [-0.1, -0.05) is 17.7 Å². The molecule has 4 nitrogen and oxygen atoms in total. The van der Waals surface area contributed by atoms with Crippen LogP contribution in [0.15, 0.2) is 42.7 Å². The molecule has 1 saturated heterocycles. The third kappa shape index (κ3) is 3.67. The fourth-order valence-corrected chi connectivity index (χ4v) is 2.82. The van der Waals surface area contributed by atoms with Gasteiger partial charge in [0, 0.05) is 30.9 Å². The van der Waals surface area contributed by atoms with Crippen molar-refractivity contribution in [2.45, 2.75) is 25.8 Å². The van der Waals surface area contributed by atoms with Crippen LogP contribution in [-0.2, 0) is 0 Å². The molecule has 23 heavy (non-hydrogen) atoms. The van der Waals surface area contributed by atoms with Crippen molar-refractivity contribution in [1.29, 1.82) is 0 Å². The van der Waals surface area contributed by atoms with Gasteiger partial charge in [0.15, 0.2) is 5.82 Å². The van der Waals surface area contributed by atoms with E-state index in [0.29, 0.717) is 18.8 Å². The second kappa shape index (κ2) is 6.77. The number of nitrogens with one attached hydrogen (secondary N) is 1. The van der Waals surface area contributed by atoms with Crippen LogP contribution in [0.2, 0.25) is 0 Å². The second-order valence-electron chi connectivity index (χ2n) is 5.93. The van der Waals surface area contributed by atoms with Gasteiger partial charge >= 0.3 is 0 Å². The van der Waals surface area contributed by atoms with Crippen LogP contribution >= 0.6 is 0 Å². The fraction of sp³-hybridized carbons (Fsp3) is 0.333. The van der Waals surface area contributed by atoms with Crippen molar-refractivity contribution in [3.8, 4) is 0 Å². The van der Waals surface area contributed by atoms with E-state index in [1.54, 1.807) is 12.3 Å². The van der Waals surface area contributed by atoms with E-state index in [4.69, 9.17) is 0 Å². The number of amides is 1. The minimum Gasteiger partial charge on any atom is -0.380 e. The maximum Gasteiger partial charge on any atom is 0.253 e. The molecule has 3 rings (SSSR count). The third-order valence-electron chi connectivity index (χ3n) is 4.21. The molecule has 1 N–H and O–H groups in total. The maximum absolute atomic E-state index is 13.6. The number of hydrogen-bond acceptors (Lipinski definition) is 3. The Morgan fingerprint density at radius 2 is 1.91 bits per heavy atom. The van der Waals surface area contributed by atoms with E-state index in [1.165, 1.54) is 6.20 Å². The zero-order valence-corrected chi connectivity index (χ0v) is 13.1. The van der Waals surface area contributed by atoms with E-state index in [-0.39, 0.29) is 17.8 Å². The van der Waals surface area contributed by atoms with Crippen LogP contribution in [0.4, 0.5) is 10.1 Å². The Morgan fingerprint density at radius 1 is 1.22 bits per heavy atom. The number of carbonyl (C=O) groups is 1. The molecule has 1 aliphatic rings. The van der Waals surface area contributed by atoms with Crippen LogP contribution in [0.1, 0.15) is 28.8 Å². The van der Waals surface area contributed by atoms with E-state index in [2.05, 4.69) is 10.3 Å². The van der Waals surface area contributed by atoms with Crippen molar-refractivity contribution in [3.63, 3.8) is 0 Å². The summed E-state index contributed by atoms with van der Waals surface area (Å²) >= 11 is 0. The van der Waals surface area contributed by atoms with Crippen LogP contribution in [0.5, 0.6) is 0 Å². The van der Waals surface area contributed by atoms with Crippen LogP contribution < -0.4 is 5.32 Å². The predicted octanol–water partition coefficient (Wildman–Crippen LogP) is 3.25. The summed E-state index contributed by atoms with van der Waals surface area (Å²) in [5, 5.41) is 3.20. The molecule has 0 radical (unpaired) electrons. The molecule has 120 valence electrons. The Labute approximate surface area is 135 Å². The van der Waals surface area contributed by atoms with Crippen molar-refractivity contribution in [1.82, 2.24) is 9.88 Å². The maximum atomic E-state index is 13.6. The highest BCUT2D eigenvalue weighted by Gasteiger charge is 2.24. The smallest absolute Gasteiger partial charge is 0.253 e. The first-order chi connectivity index (χ1) is 11.1. The van der Waals surface area contributed by atoms with Crippen LogP contribution in [-0.4, -0.2) is 34.9 Å². The monoisotopic (exact) mass is 313 g/mol. The number of aryl methyl sites for hydroxylation is 1. The van der Waals surface area contributed by atoms with E-state index in [0.717, 1.165) is 24.0 Å². The largest absolute Gasteiger partial charge is 0.380 e. The summed E-state index contributed by atoms with van der Waals surface area (Å²) in [6.07, 6.45) is 4.39. The summed E-state index contributed by atoms with van der Waals surface area (Å²) in [5.41, 5.74) is 2.34. The summed E-state index contributed by atoms with van der Waals surface area (Å²) in [6.45, 7) is 3.36. The number of carbonyl (C=O) groups excluding carboxylic acids is 1. The molecule has 1 amide bonds. The molecule has 1 fully saturated rings. The van der Waals surface area contributed by atoms with Gasteiger partial charge in [-0.25, -0.2) is 4.39 Å². The van der Waals surface area contributed by atoms with Gasteiger partial charge in [0.05, 0.1) is 11.9 Å². The SMILES string of the molecule is Cc1ccc(C(=O)N2CCC(Nc3ccncc3F)CC2)cc1. The van der Waals surface area contributed by atoms with Crippen molar-refractivity contribution in [2.75, 3.05) is 18.4 Å². The minimum atomic E-state index is -0.342. The Balaban J connectivity index is 1.57.